The summed E-state index contributed by atoms with van der Waals surface area (Å²) in [4.78, 5) is 11.9. The molecule has 3 nitrogen and oxygen atoms in total. The molecule has 62 valence electrons. The fourth-order valence-corrected chi connectivity index (χ4v) is 0.761. The third-order valence-corrected chi connectivity index (χ3v) is 1.27. The Bertz CT molecular complexity index is 160. The summed E-state index contributed by atoms with van der Waals surface area (Å²) in [6.45, 7) is 0.834. The number of carbonyl (C=O) groups is 1. The quantitative estimate of drug-likeness (QED) is 0.462. The Hall–Kier alpha value is -1.01. The molecule has 0 bridgehead atoms. The molecule has 0 saturated heterocycles. The largest absolute Gasteiger partial charge is 0.480 e. The van der Waals surface area contributed by atoms with Crippen molar-refractivity contribution in [1.29, 1.82) is 0 Å². The van der Waals surface area contributed by atoms with Crippen LogP contribution in [0.4, 0.5) is 0 Å². The van der Waals surface area contributed by atoms with E-state index in [9.17, 15) is 4.79 Å². The van der Waals surface area contributed by atoms with Crippen LogP contribution >= 0.6 is 0 Å². The van der Waals surface area contributed by atoms with Gasteiger partial charge in [-0.1, -0.05) is 0 Å². The van der Waals surface area contributed by atoms with Crippen LogP contribution in [-0.4, -0.2) is 36.1 Å². The second-order valence-corrected chi connectivity index (χ2v) is 2.44. The molecule has 0 aliphatic rings. The highest BCUT2D eigenvalue weighted by molar-refractivity contribution is 5.68. The number of hydrogen-bond donors (Lipinski definition) is 1. The molecular weight excluding hydrogens is 142 g/mol. The van der Waals surface area contributed by atoms with Crippen molar-refractivity contribution in [3.05, 3.63) is 0 Å². The van der Waals surface area contributed by atoms with Gasteiger partial charge < -0.3 is 5.11 Å². The zero-order valence-corrected chi connectivity index (χ0v) is 6.71. The monoisotopic (exact) mass is 155 g/mol. The van der Waals surface area contributed by atoms with Crippen molar-refractivity contribution in [1.82, 2.24) is 4.90 Å². The molecule has 0 heterocycles. The van der Waals surface area contributed by atoms with Gasteiger partial charge in [0.05, 0.1) is 6.54 Å². The first-order chi connectivity index (χ1) is 5.16. The van der Waals surface area contributed by atoms with Crippen molar-refractivity contribution in [3.63, 3.8) is 0 Å². The highest BCUT2D eigenvalue weighted by atomic mass is 16.4. The maximum absolute atomic E-state index is 10.2. The fraction of sp³-hybridized carbons (Fsp3) is 0.625. The van der Waals surface area contributed by atoms with Gasteiger partial charge in [0.2, 0.25) is 0 Å². The van der Waals surface area contributed by atoms with E-state index in [1.54, 1.807) is 11.9 Å². The minimum Gasteiger partial charge on any atom is -0.480 e. The molecule has 0 aromatic carbocycles. The van der Waals surface area contributed by atoms with Gasteiger partial charge in [0.1, 0.15) is 0 Å². The number of carboxylic acid groups (broad SMARTS) is 1. The molecule has 0 aliphatic carbocycles. The summed E-state index contributed by atoms with van der Waals surface area (Å²) in [5.74, 6) is 1.70. The third kappa shape index (κ3) is 6.88. The Balaban J connectivity index is 3.31. The predicted molar refractivity (Wildman–Crippen MR) is 43.2 cm³/mol. The van der Waals surface area contributed by atoms with Gasteiger partial charge >= 0.3 is 5.97 Å². The molecule has 0 aromatic rings. The Morgan fingerprint density at radius 2 is 2.36 bits per heavy atom. The molecular formula is C8H13NO2. The van der Waals surface area contributed by atoms with E-state index in [1.807, 2.05) is 0 Å². The van der Waals surface area contributed by atoms with E-state index in [0.29, 0.717) is 6.42 Å². The maximum atomic E-state index is 10.2. The Kier molecular flexibility index (Phi) is 5.22. The van der Waals surface area contributed by atoms with Crippen LogP contribution in [0, 0.1) is 12.3 Å². The first-order valence-electron chi connectivity index (χ1n) is 3.50. The Labute approximate surface area is 67.0 Å². The Morgan fingerprint density at radius 1 is 1.73 bits per heavy atom. The number of hydrogen-bond acceptors (Lipinski definition) is 2. The SMILES string of the molecule is C#CCCCN(C)CC(=O)O. The molecule has 0 amide bonds. The summed E-state index contributed by atoms with van der Waals surface area (Å²) in [6.07, 6.45) is 6.60. The molecule has 0 spiro atoms. The lowest BCUT2D eigenvalue weighted by Gasteiger charge is -2.11. The van der Waals surface area contributed by atoms with Crippen molar-refractivity contribution < 1.29 is 9.90 Å². The van der Waals surface area contributed by atoms with Crippen LogP contribution in [0.15, 0.2) is 0 Å². The molecule has 0 aliphatic heterocycles. The summed E-state index contributed by atoms with van der Waals surface area (Å²) in [5, 5.41) is 8.36. The summed E-state index contributed by atoms with van der Waals surface area (Å²) in [6, 6.07) is 0. The van der Waals surface area contributed by atoms with E-state index in [2.05, 4.69) is 5.92 Å². The lowest BCUT2D eigenvalue weighted by molar-refractivity contribution is -0.137. The number of terminal acetylenes is 1. The van der Waals surface area contributed by atoms with Crippen LogP contribution in [-0.2, 0) is 4.79 Å². The summed E-state index contributed by atoms with van der Waals surface area (Å²) >= 11 is 0. The third-order valence-electron chi connectivity index (χ3n) is 1.27. The van der Waals surface area contributed by atoms with Crippen LogP contribution in [0.3, 0.4) is 0 Å². The first-order valence-corrected chi connectivity index (χ1v) is 3.50. The number of aliphatic carboxylic acids is 1. The Morgan fingerprint density at radius 3 is 2.82 bits per heavy atom. The van der Waals surface area contributed by atoms with Crippen LogP contribution in [0.1, 0.15) is 12.8 Å². The van der Waals surface area contributed by atoms with Crippen molar-refractivity contribution in [3.8, 4) is 12.3 Å². The minimum absolute atomic E-state index is 0.0879. The smallest absolute Gasteiger partial charge is 0.317 e. The fourth-order valence-electron chi connectivity index (χ4n) is 0.761. The van der Waals surface area contributed by atoms with Crippen LogP contribution in [0.25, 0.3) is 0 Å². The van der Waals surface area contributed by atoms with Crippen LogP contribution < -0.4 is 0 Å². The van der Waals surface area contributed by atoms with E-state index in [-0.39, 0.29) is 6.54 Å². The summed E-state index contributed by atoms with van der Waals surface area (Å²) in [7, 11) is 1.77. The maximum Gasteiger partial charge on any atom is 0.317 e. The van der Waals surface area contributed by atoms with Gasteiger partial charge in [0, 0.05) is 6.42 Å². The molecule has 0 aromatic heterocycles. The normalized spacial score (nSPS) is 9.55. The van der Waals surface area contributed by atoms with E-state index in [1.165, 1.54) is 0 Å². The topological polar surface area (TPSA) is 40.5 Å². The highest BCUT2D eigenvalue weighted by Gasteiger charge is 2.01. The van der Waals surface area contributed by atoms with Crippen LogP contribution in [0.2, 0.25) is 0 Å². The molecule has 11 heavy (non-hydrogen) atoms. The van der Waals surface area contributed by atoms with Gasteiger partial charge in [0.15, 0.2) is 0 Å². The molecule has 0 saturated carbocycles. The summed E-state index contributed by atoms with van der Waals surface area (Å²) < 4.78 is 0. The molecule has 3 heteroatoms. The van der Waals surface area contributed by atoms with Gasteiger partial charge in [-0.15, -0.1) is 12.3 Å². The summed E-state index contributed by atoms with van der Waals surface area (Å²) in [5.41, 5.74) is 0. The molecule has 0 unspecified atom stereocenters. The molecule has 0 radical (unpaired) electrons. The van der Waals surface area contributed by atoms with E-state index < -0.39 is 5.97 Å². The average Bonchev–Trinajstić information content (AvgIpc) is 1.86. The minimum atomic E-state index is -0.798. The van der Waals surface area contributed by atoms with Crippen molar-refractivity contribution in [2.45, 2.75) is 12.8 Å². The van der Waals surface area contributed by atoms with Crippen LogP contribution in [0.5, 0.6) is 0 Å². The van der Waals surface area contributed by atoms with Gasteiger partial charge in [-0.25, -0.2) is 0 Å². The zero-order valence-electron chi connectivity index (χ0n) is 6.71. The number of rotatable bonds is 5. The van der Waals surface area contributed by atoms with E-state index >= 15 is 0 Å². The second-order valence-electron chi connectivity index (χ2n) is 2.44. The zero-order chi connectivity index (χ0) is 8.69. The van der Waals surface area contributed by atoms with Gasteiger partial charge in [-0.2, -0.15) is 0 Å². The van der Waals surface area contributed by atoms with Gasteiger partial charge in [0.25, 0.3) is 0 Å². The average molecular weight is 155 g/mol. The van der Waals surface area contributed by atoms with E-state index in [0.717, 1.165) is 13.0 Å². The highest BCUT2D eigenvalue weighted by Crippen LogP contribution is 1.90. The number of carboxylic acids is 1. The number of unbranched alkanes of at least 4 members (excludes halogenated alkanes) is 1. The lowest BCUT2D eigenvalue weighted by atomic mass is 10.3. The molecule has 1 N–H and O–H groups in total. The number of nitrogens with zero attached hydrogens (tertiary/aromatic N) is 1. The van der Waals surface area contributed by atoms with E-state index in [4.69, 9.17) is 11.5 Å². The first kappa shape index (κ1) is 9.99. The molecule has 0 rings (SSSR count). The molecule has 0 atom stereocenters. The lowest BCUT2D eigenvalue weighted by Crippen LogP contribution is -2.26. The number of likely N-dealkylation sites (N-methyl/N-ethyl adjacent to an activating group) is 1. The van der Waals surface area contributed by atoms with Gasteiger partial charge in [-0.05, 0) is 20.0 Å². The second kappa shape index (κ2) is 5.75. The van der Waals surface area contributed by atoms with Crippen molar-refractivity contribution >= 4 is 5.97 Å². The molecule has 0 fully saturated rings. The van der Waals surface area contributed by atoms with Crippen molar-refractivity contribution in [2.75, 3.05) is 20.1 Å². The predicted octanol–water partition coefficient (Wildman–Crippen LogP) is 0.416. The van der Waals surface area contributed by atoms with Gasteiger partial charge in [-0.3, -0.25) is 9.69 Å². The standard InChI is InChI=1S/C8H13NO2/c1-3-4-5-6-9(2)7-8(10)11/h1H,4-7H2,2H3,(H,10,11). The van der Waals surface area contributed by atoms with Crippen molar-refractivity contribution in [2.24, 2.45) is 0 Å².